The maximum absolute atomic E-state index is 13.2. The Bertz CT molecular complexity index is 1110. The summed E-state index contributed by atoms with van der Waals surface area (Å²) in [6.45, 7) is 3.77. The van der Waals surface area contributed by atoms with E-state index in [-0.39, 0.29) is 23.0 Å². The molecule has 0 radical (unpaired) electrons. The van der Waals surface area contributed by atoms with Crippen molar-refractivity contribution in [3.63, 3.8) is 0 Å². The third-order valence-electron chi connectivity index (χ3n) is 6.33. The lowest BCUT2D eigenvalue weighted by molar-refractivity contribution is -0.120. The monoisotopic (exact) mass is 482 g/mol. The van der Waals surface area contributed by atoms with Gasteiger partial charge in [0.05, 0.1) is 24.0 Å². The minimum atomic E-state index is -0.375. The van der Waals surface area contributed by atoms with Crippen molar-refractivity contribution in [2.75, 3.05) is 7.11 Å². The molecule has 34 heavy (non-hydrogen) atoms. The maximum atomic E-state index is 13.2. The average Bonchev–Trinajstić information content (AvgIpc) is 3.28. The highest BCUT2D eigenvalue weighted by Crippen LogP contribution is 2.38. The van der Waals surface area contributed by atoms with Crippen molar-refractivity contribution in [2.45, 2.75) is 68.4 Å². The van der Waals surface area contributed by atoms with Crippen LogP contribution in [0.25, 0.3) is 11.4 Å². The number of methoxy groups -OCH3 is 1. The number of benzene rings is 2. The van der Waals surface area contributed by atoms with Crippen LogP contribution in [0.3, 0.4) is 0 Å². The number of hydrogen-bond donors (Lipinski definition) is 1. The zero-order valence-corrected chi connectivity index (χ0v) is 20.6. The Morgan fingerprint density at radius 1 is 1.09 bits per heavy atom. The second kappa shape index (κ2) is 11.0. The molecule has 1 aliphatic rings. The first kappa shape index (κ1) is 24.3. The zero-order valence-electron chi connectivity index (χ0n) is 19.8. The minimum absolute atomic E-state index is 0.0983. The lowest BCUT2D eigenvalue weighted by atomic mass is 9.95. The van der Waals surface area contributed by atoms with Gasteiger partial charge < -0.3 is 10.1 Å². The molecule has 0 spiro atoms. The molecule has 8 heteroatoms. The van der Waals surface area contributed by atoms with Gasteiger partial charge in [0.25, 0.3) is 0 Å². The number of rotatable bonds is 8. The largest absolute Gasteiger partial charge is 0.496 e. The first-order valence-corrected chi connectivity index (χ1v) is 12.7. The van der Waals surface area contributed by atoms with Gasteiger partial charge in [-0.2, -0.15) is 0 Å². The van der Waals surface area contributed by atoms with Crippen molar-refractivity contribution in [1.82, 2.24) is 20.1 Å². The maximum Gasteiger partial charge on any atom is 0.233 e. The molecule has 1 fully saturated rings. The normalized spacial score (nSPS) is 16.1. The Morgan fingerprint density at radius 2 is 1.79 bits per heavy atom. The van der Waals surface area contributed by atoms with Gasteiger partial charge in [0, 0.05) is 6.04 Å². The van der Waals surface area contributed by atoms with Gasteiger partial charge in [-0.05, 0) is 56.5 Å². The third-order valence-corrected chi connectivity index (χ3v) is 7.39. The molecular weight excluding hydrogens is 451 g/mol. The number of carbonyl (C=O) groups is 1. The molecule has 4 rings (SSSR count). The summed E-state index contributed by atoms with van der Waals surface area (Å²) >= 11 is 1.42. The lowest BCUT2D eigenvalue weighted by Crippen LogP contribution is -2.33. The summed E-state index contributed by atoms with van der Waals surface area (Å²) in [4.78, 5) is 13.0. The number of para-hydroxylation sites is 1. The fourth-order valence-corrected chi connectivity index (χ4v) is 5.34. The van der Waals surface area contributed by atoms with E-state index >= 15 is 0 Å². The zero-order chi connectivity index (χ0) is 24.1. The van der Waals surface area contributed by atoms with E-state index in [1.165, 1.54) is 43.2 Å². The van der Waals surface area contributed by atoms with Crippen LogP contribution in [0.5, 0.6) is 5.75 Å². The highest BCUT2D eigenvalue weighted by atomic mass is 32.2. The third kappa shape index (κ3) is 5.43. The van der Waals surface area contributed by atoms with Crippen LogP contribution in [0, 0.1) is 5.82 Å². The highest BCUT2D eigenvalue weighted by molar-refractivity contribution is 8.00. The van der Waals surface area contributed by atoms with Gasteiger partial charge in [0.1, 0.15) is 11.6 Å². The molecule has 1 saturated carbocycles. The molecule has 2 unspecified atom stereocenters. The molecular formula is C26H31FN4O2S. The molecule has 1 aliphatic carbocycles. The number of aromatic nitrogens is 3. The molecule has 2 atom stereocenters. The molecule has 1 N–H and O–H groups in total. The number of ether oxygens (including phenoxy) is 1. The molecule has 0 aliphatic heterocycles. The van der Waals surface area contributed by atoms with Crippen LogP contribution < -0.4 is 10.1 Å². The minimum Gasteiger partial charge on any atom is -0.496 e. The molecule has 0 bridgehead atoms. The number of halogens is 1. The van der Waals surface area contributed by atoms with Crippen LogP contribution in [0.15, 0.2) is 53.7 Å². The summed E-state index contributed by atoms with van der Waals surface area (Å²) in [6.07, 6.45) is 5.71. The number of hydrogen-bond acceptors (Lipinski definition) is 5. The fraction of sp³-hybridized carbons (Fsp3) is 0.423. The second-order valence-electron chi connectivity index (χ2n) is 8.71. The molecule has 180 valence electrons. The molecule has 6 nitrogen and oxygen atoms in total. The van der Waals surface area contributed by atoms with Crippen molar-refractivity contribution in [1.29, 1.82) is 0 Å². The average molecular weight is 483 g/mol. The van der Waals surface area contributed by atoms with E-state index in [0.29, 0.717) is 6.04 Å². The molecule has 0 saturated heterocycles. The molecule has 3 aromatic rings. The first-order chi connectivity index (χ1) is 16.5. The number of amides is 1. The summed E-state index contributed by atoms with van der Waals surface area (Å²) in [5.41, 5.74) is 1.76. The molecule has 1 amide bonds. The van der Waals surface area contributed by atoms with Crippen molar-refractivity contribution in [3.05, 3.63) is 59.9 Å². The smallest absolute Gasteiger partial charge is 0.233 e. The van der Waals surface area contributed by atoms with Crippen molar-refractivity contribution in [3.8, 4) is 17.1 Å². The quantitative estimate of drug-likeness (QED) is 0.402. The topological polar surface area (TPSA) is 69.0 Å². The highest BCUT2D eigenvalue weighted by Gasteiger charge is 2.28. The van der Waals surface area contributed by atoms with E-state index in [1.54, 1.807) is 19.2 Å². The number of carbonyl (C=O) groups excluding carboxylic acids is 1. The summed E-state index contributed by atoms with van der Waals surface area (Å²) in [6, 6.07) is 14.1. The Kier molecular flexibility index (Phi) is 7.88. The summed E-state index contributed by atoms with van der Waals surface area (Å²) in [7, 11) is 1.66. The van der Waals surface area contributed by atoms with Crippen LogP contribution in [-0.4, -0.2) is 33.0 Å². The van der Waals surface area contributed by atoms with Gasteiger partial charge in [0.15, 0.2) is 11.0 Å². The molecule has 1 aromatic heterocycles. The SMILES string of the molecule is COc1ccccc1-c1nnc(SC(C)C(=O)NC(C)c2ccc(F)cc2)n1C1CCCCC1. The van der Waals surface area contributed by atoms with E-state index in [4.69, 9.17) is 4.74 Å². The molecule has 1 heterocycles. The summed E-state index contributed by atoms with van der Waals surface area (Å²) in [5.74, 6) is 1.14. The number of nitrogens with zero attached hydrogens (tertiary/aromatic N) is 3. The van der Waals surface area contributed by atoms with Crippen molar-refractivity contribution >= 4 is 17.7 Å². The van der Waals surface area contributed by atoms with Gasteiger partial charge in [-0.25, -0.2) is 4.39 Å². The van der Waals surface area contributed by atoms with Crippen LogP contribution in [-0.2, 0) is 4.79 Å². The Morgan fingerprint density at radius 3 is 2.50 bits per heavy atom. The Labute approximate surface area is 204 Å². The standard InChI is InChI=1S/C26H31FN4O2S/c1-17(19-13-15-20(27)16-14-19)28-25(32)18(2)34-26-30-29-24(22-11-7-8-12-23(22)33-3)31(26)21-9-5-4-6-10-21/h7-8,11-18,21H,4-6,9-10H2,1-3H3,(H,28,32). The van der Waals surface area contributed by atoms with Gasteiger partial charge in [0.2, 0.25) is 5.91 Å². The van der Waals surface area contributed by atoms with Gasteiger partial charge in [-0.3, -0.25) is 9.36 Å². The Hall–Kier alpha value is -2.87. The number of nitrogens with one attached hydrogen (secondary N) is 1. The van der Waals surface area contributed by atoms with E-state index in [9.17, 15) is 9.18 Å². The predicted molar refractivity (Wildman–Crippen MR) is 132 cm³/mol. The van der Waals surface area contributed by atoms with Crippen molar-refractivity contribution in [2.24, 2.45) is 0 Å². The first-order valence-electron chi connectivity index (χ1n) is 11.8. The number of thioether (sulfide) groups is 1. The second-order valence-corrected chi connectivity index (χ2v) is 10.0. The van der Waals surface area contributed by atoms with Crippen LogP contribution in [0.2, 0.25) is 0 Å². The predicted octanol–water partition coefficient (Wildman–Crippen LogP) is 5.96. The lowest BCUT2D eigenvalue weighted by Gasteiger charge is -2.26. The van der Waals surface area contributed by atoms with E-state index in [2.05, 4.69) is 20.1 Å². The Balaban J connectivity index is 1.56. The van der Waals surface area contributed by atoms with Crippen LogP contribution in [0.4, 0.5) is 4.39 Å². The molecule has 2 aromatic carbocycles. The van der Waals surface area contributed by atoms with E-state index < -0.39 is 0 Å². The fourth-order valence-electron chi connectivity index (χ4n) is 4.42. The van der Waals surface area contributed by atoms with Gasteiger partial charge >= 0.3 is 0 Å². The van der Waals surface area contributed by atoms with Crippen LogP contribution in [0.1, 0.15) is 63.6 Å². The van der Waals surface area contributed by atoms with Gasteiger partial charge in [-0.1, -0.05) is 55.3 Å². The van der Waals surface area contributed by atoms with Gasteiger partial charge in [-0.15, -0.1) is 10.2 Å². The van der Waals surface area contributed by atoms with Crippen molar-refractivity contribution < 1.29 is 13.9 Å². The summed E-state index contributed by atoms with van der Waals surface area (Å²) < 4.78 is 21.0. The van der Waals surface area contributed by atoms with Crippen LogP contribution >= 0.6 is 11.8 Å². The van der Waals surface area contributed by atoms with E-state index in [0.717, 1.165) is 40.7 Å². The summed E-state index contributed by atoms with van der Waals surface area (Å²) in [5, 5.41) is 12.5. The van der Waals surface area contributed by atoms with E-state index in [1.807, 2.05) is 38.1 Å².